The molecule has 1 N–H and O–H groups in total. The monoisotopic (exact) mass is 198 g/mol. The zero-order valence-electron chi connectivity index (χ0n) is 8.77. The van der Waals surface area contributed by atoms with Crippen LogP contribution in [0.15, 0.2) is 48.8 Å². The van der Waals surface area contributed by atoms with Gasteiger partial charge in [-0.3, -0.25) is 4.98 Å². The number of nitrogens with zero attached hydrogens (tertiary/aromatic N) is 1. The third kappa shape index (κ3) is 2.34. The largest absolute Gasteiger partial charge is 0.385 e. The predicted octanol–water partition coefficient (Wildman–Crippen LogP) is 3.18. The zero-order valence-corrected chi connectivity index (χ0v) is 8.77. The Bertz CT molecular complexity index is 406. The lowest BCUT2D eigenvalue weighted by Gasteiger charge is -2.04. The van der Waals surface area contributed by atoms with Gasteiger partial charge in [-0.2, -0.15) is 0 Å². The van der Waals surface area contributed by atoms with Crippen molar-refractivity contribution in [1.29, 1.82) is 0 Å². The van der Waals surface area contributed by atoms with Crippen molar-refractivity contribution in [2.75, 3.05) is 11.9 Å². The van der Waals surface area contributed by atoms with Gasteiger partial charge < -0.3 is 5.32 Å². The molecule has 0 spiro atoms. The summed E-state index contributed by atoms with van der Waals surface area (Å²) in [7, 11) is 0. The Kier molecular flexibility index (Phi) is 2.98. The van der Waals surface area contributed by atoms with Gasteiger partial charge in [0.25, 0.3) is 0 Å². The summed E-state index contributed by atoms with van der Waals surface area (Å²) in [6.07, 6.45) is 3.63. The Morgan fingerprint density at radius 2 is 1.53 bits per heavy atom. The Morgan fingerprint density at radius 1 is 0.933 bits per heavy atom. The van der Waals surface area contributed by atoms with E-state index >= 15 is 0 Å². The van der Waals surface area contributed by atoms with E-state index in [0.717, 1.165) is 12.2 Å². The molecule has 0 saturated heterocycles. The third-order valence-corrected chi connectivity index (χ3v) is 2.28. The molecule has 15 heavy (non-hydrogen) atoms. The second-order valence-corrected chi connectivity index (χ2v) is 3.34. The summed E-state index contributed by atoms with van der Waals surface area (Å²) in [5.74, 6) is 0. The second kappa shape index (κ2) is 4.60. The molecule has 0 aliphatic rings. The summed E-state index contributed by atoms with van der Waals surface area (Å²) in [5, 5.41) is 3.27. The maximum absolute atomic E-state index is 4.01. The van der Waals surface area contributed by atoms with E-state index in [1.807, 2.05) is 24.5 Å². The van der Waals surface area contributed by atoms with Crippen LogP contribution in [0.2, 0.25) is 0 Å². The Hall–Kier alpha value is -1.83. The average molecular weight is 198 g/mol. The minimum absolute atomic E-state index is 0.953. The lowest BCUT2D eigenvalue weighted by molar-refractivity contribution is 1.21. The molecule has 76 valence electrons. The van der Waals surface area contributed by atoms with E-state index in [1.54, 1.807) is 0 Å². The predicted molar refractivity (Wildman–Crippen MR) is 63.8 cm³/mol. The highest BCUT2D eigenvalue weighted by Gasteiger charge is 1.96. The van der Waals surface area contributed by atoms with Crippen LogP contribution in [0.1, 0.15) is 6.92 Å². The molecule has 0 aliphatic carbocycles. The van der Waals surface area contributed by atoms with Crippen molar-refractivity contribution in [2.24, 2.45) is 0 Å². The number of hydrogen-bond donors (Lipinski definition) is 1. The standard InChI is InChI=1S/C13H14N2/c1-2-15-13-5-3-11(4-6-13)12-7-9-14-10-8-12/h3-10,15H,2H2,1H3. The maximum Gasteiger partial charge on any atom is 0.0340 e. The van der Waals surface area contributed by atoms with Crippen molar-refractivity contribution in [3.05, 3.63) is 48.8 Å². The number of rotatable bonds is 3. The molecule has 2 rings (SSSR count). The summed E-state index contributed by atoms with van der Waals surface area (Å²) in [4.78, 5) is 4.01. The molecule has 2 nitrogen and oxygen atoms in total. The van der Waals surface area contributed by atoms with Gasteiger partial charge in [0.2, 0.25) is 0 Å². The number of hydrogen-bond acceptors (Lipinski definition) is 2. The normalized spacial score (nSPS) is 9.93. The molecule has 0 radical (unpaired) electrons. The Morgan fingerprint density at radius 3 is 2.13 bits per heavy atom. The van der Waals surface area contributed by atoms with Gasteiger partial charge in [-0.1, -0.05) is 12.1 Å². The lowest BCUT2D eigenvalue weighted by atomic mass is 10.1. The van der Waals surface area contributed by atoms with Gasteiger partial charge in [0, 0.05) is 24.6 Å². The molecule has 0 fully saturated rings. The maximum atomic E-state index is 4.01. The van der Waals surface area contributed by atoms with E-state index < -0.39 is 0 Å². The molecule has 2 heteroatoms. The second-order valence-electron chi connectivity index (χ2n) is 3.34. The molecular formula is C13H14N2. The first kappa shape index (κ1) is 9.71. The molecule has 0 bridgehead atoms. The van der Waals surface area contributed by atoms with E-state index in [0.29, 0.717) is 0 Å². The van der Waals surface area contributed by atoms with Gasteiger partial charge >= 0.3 is 0 Å². The summed E-state index contributed by atoms with van der Waals surface area (Å²) < 4.78 is 0. The SMILES string of the molecule is CCNc1ccc(-c2ccncc2)cc1. The summed E-state index contributed by atoms with van der Waals surface area (Å²) in [6.45, 7) is 3.05. The van der Waals surface area contributed by atoms with Gasteiger partial charge in [-0.15, -0.1) is 0 Å². The molecule has 0 unspecified atom stereocenters. The quantitative estimate of drug-likeness (QED) is 0.819. The zero-order chi connectivity index (χ0) is 10.5. The average Bonchev–Trinajstić information content (AvgIpc) is 2.32. The Labute approximate surface area is 90.0 Å². The van der Waals surface area contributed by atoms with Crippen LogP contribution in [-0.2, 0) is 0 Å². The van der Waals surface area contributed by atoms with Crippen LogP contribution < -0.4 is 5.32 Å². The summed E-state index contributed by atoms with van der Waals surface area (Å²) in [5.41, 5.74) is 3.59. The summed E-state index contributed by atoms with van der Waals surface area (Å²) >= 11 is 0. The minimum Gasteiger partial charge on any atom is -0.385 e. The molecule has 1 aromatic carbocycles. The van der Waals surface area contributed by atoms with Crippen molar-refractivity contribution < 1.29 is 0 Å². The number of anilines is 1. The molecule has 0 atom stereocenters. The van der Waals surface area contributed by atoms with Crippen LogP contribution in [0.4, 0.5) is 5.69 Å². The summed E-state index contributed by atoms with van der Waals surface area (Å²) in [6, 6.07) is 12.5. The van der Waals surface area contributed by atoms with Crippen LogP contribution in [0.25, 0.3) is 11.1 Å². The molecular weight excluding hydrogens is 184 g/mol. The Balaban J connectivity index is 2.24. The van der Waals surface area contributed by atoms with E-state index in [1.165, 1.54) is 11.1 Å². The van der Waals surface area contributed by atoms with Crippen molar-refractivity contribution in [3.63, 3.8) is 0 Å². The van der Waals surface area contributed by atoms with E-state index in [2.05, 4.69) is 41.5 Å². The molecule has 0 saturated carbocycles. The molecule has 0 amide bonds. The minimum atomic E-state index is 0.953. The lowest BCUT2D eigenvalue weighted by Crippen LogP contribution is -1.95. The fourth-order valence-electron chi connectivity index (χ4n) is 1.53. The highest BCUT2D eigenvalue weighted by atomic mass is 14.8. The first-order valence-electron chi connectivity index (χ1n) is 5.14. The molecule has 1 aromatic heterocycles. The highest BCUT2D eigenvalue weighted by Crippen LogP contribution is 2.20. The van der Waals surface area contributed by atoms with Crippen molar-refractivity contribution in [3.8, 4) is 11.1 Å². The van der Waals surface area contributed by atoms with Gasteiger partial charge in [0.1, 0.15) is 0 Å². The number of benzene rings is 1. The fraction of sp³-hybridized carbons (Fsp3) is 0.154. The van der Waals surface area contributed by atoms with Crippen molar-refractivity contribution in [1.82, 2.24) is 4.98 Å². The van der Waals surface area contributed by atoms with Crippen LogP contribution in [0.3, 0.4) is 0 Å². The van der Waals surface area contributed by atoms with Crippen LogP contribution in [0, 0.1) is 0 Å². The van der Waals surface area contributed by atoms with Crippen molar-refractivity contribution >= 4 is 5.69 Å². The number of pyridine rings is 1. The van der Waals surface area contributed by atoms with E-state index in [-0.39, 0.29) is 0 Å². The third-order valence-electron chi connectivity index (χ3n) is 2.28. The molecule has 2 aromatic rings. The highest BCUT2D eigenvalue weighted by molar-refractivity contribution is 5.65. The smallest absolute Gasteiger partial charge is 0.0340 e. The molecule has 0 aliphatic heterocycles. The van der Waals surface area contributed by atoms with Crippen LogP contribution >= 0.6 is 0 Å². The van der Waals surface area contributed by atoms with Gasteiger partial charge in [-0.05, 0) is 42.3 Å². The first-order valence-corrected chi connectivity index (χ1v) is 5.14. The van der Waals surface area contributed by atoms with Gasteiger partial charge in [-0.25, -0.2) is 0 Å². The van der Waals surface area contributed by atoms with Crippen LogP contribution in [0.5, 0.6) is 0 Å². The van der Waals surface area contributed by atoms with E-state index in [9.17, 15) is 0 Å². The number of aromatic nitrogens is 1. The number of nitrogens with one attached hydrogen (secondary N) is 1. The van der Waals surface area contributed by atoms with Crippen molar-refractivity contribution in [2.45, 2.75) is 6.92 Å². The van der Waals surface area contributed by atoms with Gasteiger partial charge in [0.15, 0.2) is 0 Å². The van der Waals surface area contributed by atoms with Crippen LogP contribution in [-0.4, -0.2) is 11.5 Å². The van der Waals surface area contributed by atoms with Gasteiger partial charge in [0.05, 0.1) is 0 Å². The topological polar surface area (TPSA) is 24.9 Å². The fourth-order valence-corrected chi connectivity index (χ4v) is 1.53. The van der Waals surface area contributed by atoms with E-state index in [4.69, 9.17) is 0 Å². The first-order chi connectivity index (χ1) is 7.40. The molecule has 1 heterocycles.